The number of nitrogens with one attached hydrogen (secondary N) is 5. The van der Waals surface area contributed by atoms with Gasteiger partial charge in [0.2, 0.25) is 17.5 Å². The van der Waals surface area contributed by atoms with E-state index in [-0.39, 0.29) is 36.9 Å². The molecule has 2 heterocycles. The molecule has 0 radical (unpaired) electrons. The minimum atomic E-state index is -5.56. The molecule has 0 spiro atoms. The summed E-state index contributed by atoms with van der Waals surface area (Å²) in [5, 5.41) is -0.477. The number of Topliss-reactive ketones (excluding diaryl/α,β-unsaturated/α-hetero) is 2. The molecule has 0 saturated carbocycles. The van der Waals surface area contributed by atoms with Gasteiger partial charge in [-0.2, -0.15) is 15.9 Å². The lowest BCUT2D eigenvalue weighted by atomic mass is 10.0. The maximum Gasteiger partial charge on any atom is 0.372 e. The zero-order valence-corrected chi connectivity index (χ0v) is 20.5. The number of aromatic nitrogens is 4. The second-order valence-corrected chi connectivity index (χ2v) is 8.97. The molecule has 196 valence electrons. The number of anilines is 1. The van der Waals surface area contributed by atoms with E-state index in [1.807, 2.05) is 0 Å². The van der Waals surface area contributed by atoms with Gasteiger partial charge in [0.25, 0.3) is 10.9 Å². The van der Waals surface area contributed by atoms with Crippen molar-refractivity contribution in [3.05, 3.63) is 16.7 Å². The van der Waals surface area contributed by atoms with E-state index in [1.54, 1.807) is 13.8 Å². The summed E-state index contributed by atoms with van der Waals surface area (Å²) in [7, 11) is -5.56. The lowest BCUT2D eigenvalue weighted by Crippen LogP contribution is -2.60. The molecule has 2 atom stereocenters. The molecule has 7 N–H and O–H groups in total. The Labute approximate surface area is 199 Å². The molecule has 0 bridgehead atoms. The number of aromatic amines is 2. The Morgan fingerprint density at radius 3 is 2.23 bits per heavy atom. The van der Waals surface area contributed by atoms with E-state index >= 15 is 0 Å². The topological polar surface area (TPSA) is 230 Å². The van der Waals surface area contributed by atoms with E-state index in [0.29, 0.717) is 0 Å². The Hall–Kier alpha value is -2.56. The summed E-state index contributed by atoms with van der Waals surface area (Å²) >= 11 is 0. The third-order valence-corrected chi connectivity index (χ3v) is 6.07. The first-order valence-electron chi connectivity index (χ1n) is 10.7. The second-order valence-electron chi connectivity index (χ2n) is 7.25. The highest BCUT2D eigenvalue weighted by Gasteiger charge is 2.62. The summed E-state index contributed by atoms with van der Waals surface area (Å²) in [6.07, 6.45) is 1.29. The van der Waals surface area contributed by atoms with E-state index in [9.17, 15) is 28.7 Å². The van der Waals surface area contributed by atoms with Crippen LogP contribution in [0.2, 0.25) is 0 Å². The van der Waals surface area contributed by atoms with Crippen molar-refractivity contribution in [2.45, 2.75) is 45.1 Å². The first kappa shape index (κ1) is 28.7. The Morgan fingerprint density at radius 2 is 1.71 bits per heavy atom. The van der Waals surface area contributed by atoms with Crippen molar-refractivity contribution >= 4 is 36.3 Å². The van der Waals surface area contributed by atoms with Crippen LogP contribution in [0.3, 0.4) is 0 Å². The fourth-order valence-corrected chi connectivity index (χ4v) is 4.26. The van der Waals surface area contributed by atoms with Gasteiger partial charge in [-0.25, -0.2) is 4.98 Å². The maximum atomic E-state index is 13.2. The van der Waals surface area contributed by atoms with E-state index in [0.717, 1.165) is 0 Å². The van der Waals surface area contributed by atoms with Crippen LogP contribution in [0.1, 0.15) is 27.7 Å². The lowest BCUT2D eigenvalue weighted by Gasteiger charge is -2.35. The maximum absolute atomic E-state index is 13.2. The van der Waals surface area contributed by atoms with Gasteiger partial charge in [-0.05, 0) is 27.7 Å². The second kappa shape index (κ2) is 12.4. The predicted octanol–water partition coefficient (Wildman–Crippen LogP) is -1.05. The van der Waals surface area contributed by atoms with Gasteiger partial charge in [-0.1, -0.05) is 0 Å². The number of ether oxygens (including phenoxy) is 1. The number of ketones is 2. The van der Waals surface area contributed by atoms with Gasteiger partial charge in [-0.15, -0.1) is 0 Å². The normalized spacial score (nSPS) is 14.1. The smallest absolute Gasteiger partial charge is 0.353 e. The van der Waals surface area contributed by atoms with Crippen LogP contribution in [0.15, 0.2) is 11.1 Å². The quantitative estimate of drug-likeness (QED) is 0.0607. The molecule has 0 aliphatic carbocycles. The average molecular weight is 519 g/mol. The van der Waals surface area contributed by atoms with Crippen molar-refractivity contribution in [3.63, 3.8) is 0 Å². The number of imidazole rings is 1. The number of nitrogens with zero attached hydrogens (tertiary/aromatic N) is 2. The first-order chi connectivity index (χ1) is 16.5. The zero-order valence-electron chi connectivity index (χ0n) is 19.7. The molecule has 16 nitrogen and oxygen atoms in total. The van der Waals surface area contributed by atoms with Crippen LogP contribution in [0.4, 0.5) is 5.95 Å². The van der Waals surface area contributed by atoms with Crippen LogP contribution in [-0.2, 0) is 28.6 Å². The summed E-state index contributed by atoms with van der Waals surface area (Å²) in [5.74, 6) is -2.48. The Kier molecular flexibility index (Phi) is 10.2. The largest absolute Gasteiger partial charge is 0.372 e. The molecule has 2 aromatic rings. The molecular weight excluding hydrogens is 489 g/mol. The van der Waals surface area contributed by atoms with Gasteiger partial charge < -0.3 is 34.5 Å². The summed E-state index contributed by atoms with van der Waals surface area (Å²) in [6, 6.07) is -2.64. The summed E-state index contributed by atoms with van der Waals surface area (Å²) in [6.45, 7) is 5.36. The summed E-state index contributed by atoms with van der Waals surface area (Å²) in [5.41, 5.74) is 4.46. The van der Waals surface area contributed by atoms with Gasteiger partial charge >= 0.3 is 7.60 Å². The van der Waals surface area contributed by atoms with Crippen molar-refractivity contribution < 1.29 is 38.4 Å². The molecule has 17 heteroatoms. The molecular formula is C18H30N7O9P. The number of hydrogen-bond acceptors (Lipinski definition) is 12. The zero-order chi connectivity index (χ0) is 26.2. The van der Waals surface area contributed by atoms with Crippen LogP contribution < -0.4 is 21.8 Å². The average Bonchev–Trinajstić information content (AvgIpc) is 3.28. The Morgan fingerprint density at radius 1 is 1.14 bits per heavy atom. The molecule has 2 aromatic heterocycles. The van der Waals surface area contributed by atoms with Crippen LogP contribution >= 0.6 is 7.60 Å². The highest BCUT2D eigenvalue weighted by molar-refractivity contribution is 7.56. The number of carbonyl (C=O) groups is 2. The molecule has 0 amide bonds. The van der Waals surface area contributed by atoms with Gasteiger partial charge in [0.15, 0.2) is 11.2 Å². The third kappa shape index (κ3) is 6.56. The van der Waals surface area contributed by atoms with Crippen molar-refractivity contribution in [1.82, 2.24) is 30.9 Å². The monoisotopic (exact) mass is 519 g/mol. The summed E-state index contributed by atoms with van der Waals surface area (Å²) in [4.78, 5) is 81.8. The fourth-order valence-electron chi connectivity index (χ4n) is 3.04. The Bertz CT molecular complexity index is 1090. The van der Waals surface area contributed by atoms with Crippen LogP contribution in [0.25, 0.3) is 11.2 Å². The van der Waals surface area contributed by atoms with Crippen molar-refractivity contribution in [1.29, 1.82) is 0 Å². The fraction of sp³-hybridized carbons (Fsp3) is 0.611. The molecule has 2 rings (SSSR count). The lowest BCUT2D eigenvalue weighted by molar-refractivity contribution is -0.155. The van der Waals surface area contributed by atoms with Crippen molar-refractivity contribution in [2.24, 2.45) is 0 Å². The standard InChI is InChI=1S/C18H30N7O9P/c1-5-33-24-10(3)13(26)18(35(29,30)31,14(27)11(4)25-34-6-2)32-8-7-19-17-22-15-12(16(28)23-17)20-9-21-15/h9-11,24-25H,5-8H2,1-4H3,(H2,29,30,31)(H3,19,20,21,22,23,28)/t10-,11-/m0/s1. The predicted molar refractivity (Wildman–Crippen MR) is 122 cm³/mol. The van der Waals surface area contributed by atoms with E-state index in [2.05, 4.69) is 36.2 Å². The number of hydroxylamine groups is 2. The SMILES string of the molecule is CCON[C@@H](C)C(=O)C(OCCNc1nc2nc[nH]c2c(=O)[nH]1)(C(=O)[C@H](C)NOCC)P(=O)(O)O. The van der Waals surface area contributed by atoms with Crippen LogP contribution in [-0.4, -0.2) is 85.1 Å². The molecule has 0 fully saturated rings. The highest BCUT2D eigenvalue weighted by Crippen LogP contribution is 2.53. The molecule has 0 unspecified atom stereocenters. The molecule has 35 heavy (non-hydrogen) atoms. The summed E-state index contributed by atoms with van der Waals surface area (Å²) < 4.78 is 18.0. The number of fused-ring (bicyclic) bond motifs is 1. The van der Waals surface area contributed by atoms with E-state index < -0.39 is 48.8 Å². The number of carbonyl (C=O) groups excluding carboxylic acids is 2. The third-order valence-electron chi connectivity index (χ3n) is 4.68. The molecule has 0 aromatic carbocycles. The first-order valence-corrected chi connectivity index (χ1v) is 12.3. The highest BCUT2D eigenvalue weighted by atomic mass is 31.2. The van der Waals surface area contributed by atoms with Crippen LogP contribution in [0, 0.1) is 0 Å². The number of hydrogen-bond donors (Lipinski definition) is 7. The Balaban J connectivity index is 2.29. The molecule has 0 aliphatic heterocycles. The van der Waals surface area contributed by atoms with E-state index in [1.165, 1.54) is 20.2 Å². The van der Waals surface area contributed by atoms with Crippen LogP contribution in [0.5, 0.6) is 0 Å². The molecule has 0 aliphatic rings. The molecule has 0 saturated heterocycles. The van der Waals surface area contributed by atoms with Gasteiger partial charge in [0.05, 0.1) is 38.2 Å². The van der Waals surface area contributed by atoms with Gasteiger partial charge in [0.1, 0.15) is 0 Å². The number of H-pyrrole nitrogens is 2. The van der Waals surface area contributed by atoms with E-state index in [4.69, 9.17) is 14.4 Å². The minimum absolute atomic E-state index is 0.00427. The minimum Gasteiger partial charge on any atom is -0.353 e. The van der Waals surface area contributed by atoms with Gasteiger partial charge in [-0.3, -0.25) is 23.9 Å². The van der Waals surface area contributed by atoms with Crippen molar-refractivity contribution in [2.75, 3.05) is 31.7 Å². The number of rotatable bonds is 16. The van der Waals surface area contributed by atoms with Gasteiger partial charge in [0, 0.05) is 6.54 Å². The van der Waals surface area contributed by atoms with Crippen molar-refractivity contribution in [3.8, 4) is 0 Å².